The Bertz CT molecular complexity index is 734. The van der Waals surface area contributed by atoms with Crippen LogP contribution in [0, 0.1) is 0 Å². The van der Waals surface area contributed by atoms with Gasteiger partial charge < -0.3 is 13.9 Å². The standard InChI is InChI=1S/C15H18N4OS/c1-18-8-7-16-14(18)11-21-15-17-12-5-3-4-6-13(12)19(15)9-10-20-2/h3-8H,9-11H2,1-2H3. The molecule has 0 amide bonds. The van der Waals surface area contributed by atoms with Crippen LogP contribution >= 0.6 is 11.8 Å². The fourth-order valence-corrected chi connectivity index (χ4v) is 3.27. The molecule has 0 atom stereocenters. The average Bonchev–Trinajstić information content (AvgIpc) is 3.06. The SMILES string of the molecule is COCCn1c(SCc2nccn2C)nc2ccccc21. The number of aryl methyl sites for hydroxylation is 1. The maximum absolute atomic E-state index is 5.21. The molecule has 3 rings (SSSR count). The van der Waals surface area contributed by atoms with Crippen molar-refractivity contribution in [1.29, 1.82) is 0 Å². The number of ether oxygens (including phenoxy) is 1. The van der Waals surface area contributed by atoms with E-state index in [1.165, 1.54) is 0 Å². The summed E-state index contributed by atoms with van der Waals surface area (Å²) in [5, 5.41) is 1.01. The molecular formula is C15H18N4OS. The quantitative estimate of drug-likeness (QED) is 0.657. The van der Waals surface area contributed by atoms with Crippen LogP contribution in [0.4, 0.5) is 0 Å². The number of hydrogen-bond donors (Lipinski definition) is 0. The molecule has 0 spiro atoms. The van der Waals surface area contributed by atoms with Crippen molar-refractivity contribution in [2.45, 2.75) is 17.5 Å². The topological polar surface area (TPSA) is 44.9 Å². The molecule has 0 saturated carbocycles. The highest BCUT2D eigenvalue weighted by molar-refractivity contribution is 7.98. The molecule has 110 valence electrons. The van der Waals surface area contributed by atoms with Crippen LogP contribution in [-0.2, 0) is 24.1 Å². The molecule has 0 N–H and O–H groups in total. The minimum absolute atomic E-state index is 0.677. The summed E-state index contributed by atoms with van der Waals surface area (Å²) in [5.74, 6) is 1.85. The fraction of sp³-hybridized carbons (Fsp3) is 0.333. The molecule has 21 heavy (non-hydrogen) atoms. The van der Waals surface area contributed by atoms with E-state index in [1.54, 1.807) is 18.9 Å². The number of imidazole rings is 2. The van der Waals surface area contributed by atoms with E-state index in [4.69, 9.17) is 9.72 Å². The van der Waals surface area contributed by atoms with Gasteiger partial charge in [0, 0.05) is 33.1 Å². The number of hydrogen-bond acceptors (Lipinski definition) is 4. The van der Waals surface area contributed by atoms with E-state index in [1.807, 2.05) is 42.2 Å². The first kappa shape index (κ1) is 14.2. The van der Waals surface area contributed by atoms with Gasteiger partial charge in [0.05, 0.1) is 23.4 Å². The van der Waals surface area contributed by atoms with E-state index >= 15 is 0 Å². The number of thioether (sulfide) groups is 1. The number of methoxy groups -OCH3 is 1. The van der Waals surface area contributed by atoms with Gasteiger partial charge in [-0.15, -0.1) is 0 Å². The van der Waals surface area contributed by atoms with Gasteiger partial charge in [-0.2, -0.15) is 0 Å². The van der Waals surface area contributed by atoms with Crippen LogP contribution in [-0.4, -0.2) is 32.8 Å². The first-order valence-electron chi connectivity index (χ1n) is 6.83. The number of rotatable bonds is 6. The molecule has 0 bridgehead atoms. The predicted octanol–water partition coefficient (Wildman–Crippen LogP) is 2.71. The van der Waals surface area contributed by atoms with Gasteiger partial charge >= 0.3 is 0 Å². The molecule has 1 aromatic carbocycles. The first-order chi connectivity index (χ1) is 10.3. The maximum atomic E-state index is 5.21. The maximum Gasteiger partial charge on any atom is 0.169 e. The average molecular weight is 302 g/mol. The molecule has 0 radical (unpaired) electrons. The van der Waals surface area contributed by atoms with Crippen molar-refractivity contribution in [2.75, 3.05) is 13.7 Å². The summed E-state index contributed by atoms with van der Waals surface area (Å²) in [4.78, 5) is 9.09. The summed E-state index contributed by atoms with van der Waals surface area (Å²) in [5.41, 5.74) is 2.17. The van der Waals surface area contributed by atoms with Crippen molar-refractivity contribution in [2.24, 2.45) is 7.05 Å². The van der Waals surface area contributed by atoms with Crippen LogP contribution in [0.1, 0.15) is 5.82 Å². The number of nitrogens with zero attached hydrogens (tertiary/aromatic N) is 4. The Balaban J connectivity index is 1.87. The van der Waals surface area contributed by atoms with Crippen molar-refractivity contribution in [3.8, 4) is 0 Å². The lowest BCUT2D eigenvalue weighted by Crippen LogP contribution is -2.06. The summed E-state index contributed by atoms with van der Waals surface area (Å²) < 4.78 is 9.47. The van der Waals surface area contributed by atoms with Gasteiger partial charge in [0.15, 0.2) is 5.16 Å². The number of aromatic nitrogens is 4. The second kappa shape index (κ2) is 6.32. The largest absolute Gasteiger partial charge is 0.383 e. The Kier molecular flexibility index (Phi) is 4.26. The van der Waals surface area contributed by atoms with Crippen molar-refractivity contribution >= 4 is 22.8 Å². The Labute approximate surface area is 128 Å². The number of fused-ring (bicyclic) bond motifs is 1. The van der Waals surface area contributed by atoms with E-state index in [9.17, 15) is 0 Å². The smallest absolute Gasteiger partial charge is 0.169 e. The van der Waals surface area contributed by atoms with E-state index in [0.29, 0.717) is 6.61 Å². The van der Waals surface area contributed by atoms with Gasteiger partial charge in [-0.25, -0.2) is 9.97 Å². The zero-order chi connectivity index (χ0) is 14.7. The van der Waals surface area contributed by atoms with Gasteiger partial charge in [0.2, 0.25) is 0 Å². The molecule has 6 heteroatoms. The van der Waals surface area contributed by atoms with E-state index in [-0.39, 0.29) is 0 Å². The molecular weight excluding hydrogens is 284 g/mol. The second-order valence-electron chi connectivity index (χ2n) is 4.77. The van der Waals surface area contributed by atoms with Crippen LogP contribution in [0.2, 0.25) is 0 Å². The van der Waals surface area contributed by atoms with Crippen LogP contribution in [0.15, 0.2) is 41.8 Å². The lowest BCUT2D eigenvalue weighted by atomic mass is 10.3. The molecule has 0 saturated heterocycles. The molecule has 2 heterocycles. The van der Waals surface area contributed by atoms with Crippen LogP contribution in [0.25, 0.3) is 11.0 Å². The Morgan fingerprint density at radius 3 is 2.90 bits per heavy atom. The van der Waals surface area contributed by atoms with Crippen molar-refractivity contribution < 1.29 is 4.74 Å². The number of para-hydroxylation sites is 2. The Morgan fingerprint density at radius 2 is 2.14 bits per heavy atom. The Morgan fingerprint density at radius 1 is 1.29 bits per heavy atom. The Hall–Kier alpha value is -1.79. The third kappa shape index (κ3) is 2.96. The second-order valence-corrected chi connectivity index (χ2v) is 5.71. The zero-order valence-corrected chi connectivity index (χ0v) is 13.0. The molecule has 0 fully saturated rings. The molecule has 0 unspecified atom stereocenters. The van der Waals surface area contributed by atoms with Crippen LogP contribution in [0.3, 0.4) is 0 Å². The highest BCUT2D eigenvalue weighted by Gasteiger charge is 2.11. The summed E-state index contributed by atoms with van der Waals surface area (Å²) >= 11 is 1.71. The third-order valence-electron chi connectivity index (χ3n) is 3.39. The molecule has 0 aliphatic heterocycles. The molecule has 3 aromatic rings. The summed E-state index contributed by atoms with van der Waals surface area (Å²) in [6.07, 6.45) is 3.79. The predicted molar refractivity (Wildman–Crippen MR) is 84.4 cm³/mol. The van der Waals surface area contributed by atoms with Gasteiger partial charge in [-0.1, -0.05) is 23.9 Å². The van der Waals surface area contributed by atoms with Crippen molar-refractivity contribution in [1.82, 2.24) is 19.1 Å². The van der Waals surface area contributed by atoms with E-state index in [2.05, 4.69) is 15.6 Å². The molecule has 0 aliphatic rings. The highest BCUT2D eigenvalue weighted by atomic mass is 32.2. The third-order valence-corrected chi connectivity index (χ3v) is 4.36. The van der Waals surface area contributed by atoms with Gasteiger partial charge in [0.1, 0.15) is 5.82 Å². The summed E-state index contributed by atoms with van der Waals surface area (Å²) in [6, 6.07) is 8.20. The monoisotopic (exact) mass is 302 g/mol. The van der Waals surface area contributed by atoms with Crippen LogP contribution < -0.4 is 0 Å². The summed E-state index contributed by atoms with van der Waals surface area (Å²) in [6.45, 7) is 1.48. The fourth-order valence-electron chi connectivity index (χ4n) is 2.23. The lowest BCUT2D eigenvalue weighted by molar-refractivity contribution is 0.186. The first-order valence-corrected chi connectivity index (χ1v) is 7.81. The zero-order valence-electron chi connectivity index (χ0n) is 12.2. The lowest BCUT2D eigenvalue weighted by Gasteiger charge is -2.08. The molecule has 5 nitrogen and oxygen atoms in total. The molecule has 0 aliphatic carbocycles. The highest BCUT2D eigenvalue weighted by Crippen LogP contribution is 2.26. The molecule has 2 aromatic heterocycles. The van der Waals surface area contributed by atoms with Crippen molar-refractivity contribution in [3.05, 3.63) is 42.5 Å². The number of benzene rings is 1. The van der Waals surface area contributed by atoms with Gasteiger partial charge in [-0.05, 0) is 12.1 Å². The van der Waals surface area contributed by atoms with Crippen molar-refractivity contribution in [3.63, 3.8) is 0 Å². The van der Waals surface area contributed by atoms with Gasteiger partial charge in [0.25, 0.3) is 0 Å². The minimum Gasteiger partial charge on any atom is -0.383 e. The summed E-state index contributed by atoms with van der Waals surface area (Å²) in [7, 11) is 3.73. The minimum atomic E-state index is 0.677. The van der Waals surface area contributed by atoms with E-state index in [0.717, 1.165) is 34.3 Å². The van der Waals surface area contributed by atoms with Gasteiger partial charge in [-0.3, -0.25) is 0 Å². The van der Waals surface area contributed by atoms with Crippen LogP contribution in [0.5, 0.6) is 0 Å². The normalized spacial score (nSPS) is 11.3. The van der Waals surface area contributed by atoms with E-state index < -0.39 is 0 Å².